The molecule has 0 aromatic rings. The van der Waals surface area contributed by atoms with Crippen LogP contribution in [0.15, 0.2) is 11.1 Å². The molecule has 0 radical (unpaired) electrons. The molecule has 0 amide bonds. The number of ether oxygens (including phenoxy) is 1. The number of methoxy groups -OCH3 is 1. The topological polar surface area (TPSA) is 79.8 Å². The lowest BCUT2D eigenvalue weighted by molar-refractivity contribution is -0.138. The van der Waals surface area contributed by atoms with Crippen molar-refractivity contribution in [2.45, 2.75) is 34.6 Å². The van der Waals surface area contributed by atoms with Crippen LogP contribution in [-0.2, 0) is 14.3 Å². The van der Waals surface area contributed by atoms with Gasteiger partial charge in [-0.1, -0.05) is 5.57 Å². The van der Waals surface area contributed by atoms with Crippen LogP contribution in [0.2, 0.25) is 0 Å². The van der Waals surface area contributed by atoms with Gasteiger partial charge in [-0.05, 0) is 34.6 Å². The van der Waals surface area contributed by atoms with E-state index in [1.165, 1.54) is 14.0 Å². The third-order valence-electron chi connectivity index (χ3n) is 2.55. The van der Waals surface area contributed by atoms with Gasteiger partial charge in [-0.25, -0.2) is 4.79 Å². The molecular formula is C12H18N2O3. The molecule has 0 unspecified atom stereocenters. The summed E-state index contributed by atoms with van der Waals surface area (Å²) < 4.78 is 4.54. The van der Waals surface area contributed by atoms with Gasteiger partial charge < -0.3 is 10.3 Å². The van der Waals surface area contributed by atoms with Crippen molar-refractivity contribution >= 4 is 17.5 Å². The molecule has 0 saturated heterocycles. The molecule has 0 aromatic heterocycles. The summed E-state index contributed by atoms with van der Waals surface area (Å²) in [7, 11) is 1.19. The van der Waals surface area contributed by atoms with E-state index in [2.05, 4.69) is 9.53 Å². The van der Waals surface area contributed by atoms with E-state index in [9.17, 15) is 9.59 Å². The molecule has 0 saturated carbocycles. The lowest BCUT2D eigenvalue weighted by atomic mass is 9.76. The van der Waals surface area contributed by atoms with E-state index in [0.29, 0.717) is 5.57 Å². The molecule has 0 spiro atoms. The summed E-state index contributed by atoms with van der Waals surface area (Å²) in [6.07, 6.45) is 0. The lowest BCUT2D eigenvalue weighted by Crippen LogP contribution is -2.37. The first-order chi connectivity index (χ1) is 7.69. The van der Waals surface area contributed by atoms with Gasteiger partial charge >= 0.3 is 11.7 Å². The second-order valence-electron chi connectivity index (χ2n) is 4.50. The maximum Gasteiger partial charge on any atom is 0.417 e. The fraction of sp³-hybridized carbons (Fsp3) is 0.583. The normalized spacial score (nSPS) is 10.2. The average Bonchev–Trinajstić information content (AvgIpc) is 2.15. The van der Waals surface area contributed by atoms with Gasteiger partial charge in [0.1, 0.15) is 5.41 Å². The number of Topliss-reactive ketones (excluding diaryl/α,β-unsaturated/α-hetero) is 1. The van der Waals surface area contributed by atoms with Crippen molar-refractivity contribution in [3.63, 3.8) is 0 Å². The highest BCUT2D eigenvalue weighted by atomic mass is 16.5. The van der Waals surface area contributed by atoms with E-state index < -0.39 is 11.4 Å². The second-order valence-corrected chi connectivity index (χ2v) is 4.50. The van der Waals surface area contributed by atoms with Crippen LogP contribution in [0.5, 0.6) is 0 Å². The Bertz CT molecular complexity index is 423. The molecule has 0 N–H and O–H groups in total. The van der Waals surface area contributed by atoms with E-state index >= 15 is 0 Å². The van der Waals surface area contributed by atoms with Gasteiger partial charge in [0.25, 0.3) is 0 Å². The Morgan fingerprint density at radius 1 is 1.18 bits per heavy atom. The smallest absolute Gasteiger partial charge is 0.417 e. The van der Waals surface area contributed by atoms with E-state index in [1.807, 2.05) is 0 Å². The number of hydrogen-bond acceptors (Lipinski definition) is 3. The number of allylic oxidation sites excluding steroid dienone is 2. The van der Waals surface area contributed by atoms with Crippen molar-refractivity contribution < 1.29 is 19.1 Å². The first-order valence-corrected chi connectivity index (χ1v) is 5.19. The fourth-order valence-corrected chi connectivity index (χ4v) is 2.05. The molecule has 0 aromatic carbocycles. The summed E-state index contributed by atoms with van der Waals surface area (Å²) >= 11 is 0. The Kier molecular flexibility index (Phi) is 4.98. The highest BCUT2D eigenvalue weighted by Gasteiger charge is 2.44. The summed E-state index contributed by atoms with van der Waals surface area (Å²) in [5, 5.41) is 0. The van der Waals surface area contributed by atoms with Crippen LogP contribution < -0.4 is 0 Å². The zero-order valence-corrected chi connectivity index (χ0v) is 11.1. The number of carbonyl (C=O) groups excluding carboxylic acids is 2. The van der Waals surface area contributed by atoms with Crippen LogP contribution >= 0.6 is 0 Å². The van der Waals surface area contributed by atoms with Crippen LogP contribution in [0.1, 0.15) is 34.6 Å². The van der Waals surface area contributed by atoms with Crippen molar-refractivity contribution in [2.75, 3.05) is 7.11 Å². The molecule has 0 bridgehead atoms. The van der Waals surface area contributed by atoms with E-state index in [-0.39, 0.29) is 11.5 Å². The minimum Gasteiger partial charge on any atom is -0.460 e. The molecule has 0 atom stereocenters. The van der Waals surface area contributed by atoms with Crippen molar-refractivity contribution in [1.82, 2.24) is 0 Å². The van der Waals surface area contributed by atoms with Gasteiger partial charge in [-0.3, -0.25) is 4.79 Å². The highest BCUT2D eigenvalue weighted by molar-refractivity contribution is 6.37. The van der Waals surface area contributed by atoms with Gasteiger partial charge in [0, 0.05) is 5.57 Å². The molecule has 5 nitrogen and oxygen atoms in total. The van der Waals surface area contributed by atoms with Crippen molar-refractivity contribution in [3.05, 3.63) is 16.7 Å². The Labute approximate surface area is 101 Å². The molecule has 0 aliphatic carbocycles. The molecular weight excluding hydrogens is 220 g/mol. The van der Waals surface area contributed by atoms with Crippen molar-refractivity contribution in [3.8, 4) is 0 Å². The van der Waals surface area contributed by atoms with Crippen molar-refractivity contribution in [1.29, 1.82) is 0 Å². The van der Waals surface area contributed by atoms with Gasteiger partial charge in [0.05, 0.1) is 7.11 Å². The molecule has 0 aliphatic rings. The monoisotopic (exact) mass is 238 g/mol. The third kappa shape index (κ3) is 3.11. The molecule has 94 valence electrons. The van der Waals surface area contributed by atoms with Crippen LogP contribution in [-0.4, -0.2) is 29.4 Å². The zero-order chi connectivity index (χ0) is 13.8. The lowest BCUT2D eigenvalue weighted by Gasteiger charge is -2.22. The average molecular weight is 238 g/mol. The molecule has 0 fully saturated rings. The van der Waals surface area contributed by atoms with Gasteiger partial charge in [0.2, 0.25) is 0 Å². The minimum absolute atomic E-state index is 0.167. The van der Waals surface area contributed by atoms with Gasteiger partial charge in [-0.2, -0.15) is 4.79 Å². The first kappa shape index (κ1) is 15.3. The van der Waals surface area contributed by atoms with E-state index in [0.717, 1.165) is 5.57 Å². The van der Waals surface area contributed by atoms with Crippen molar-refractivity contribution in [2.24, 2.45) is 5.41 Å². The van der Waals surface area contributed by atoms with Crippen LogP contribution in [0, 0.1) is 5.41 Å². The number of nitrogens with zero attached hydrogens (tertiary/aromatic N) is 2. The minimum atomic E-state index is -0.994. The summed E-state index contributed by atoms with van der Waals surface area (Å²) in [5.74, 6) is -0.919. The Morgan fingerprint density at radius 3 is 1.88 bits per heavy atom. The quantitative estimate of drug-likeness (QED) is 0.246. The maximum absolute atomic E-state index is 11.6. The van der Waals surface area contributed by atoms with Crippen LogP contribution in [0.3, 0.4) is 0 Å². The summed E-state index contributed by atoms with van der Waals surface area (Å²) in [6, 6.07) is 0. The second kappa shape index (κ2) is 5.55. The fourth-order valence-electron chi connectivity index (χ4n) is 2.05. The Morgan fingerprint density at radius 2 is 1.65 bits per heavy atom. The number of rotatable bonds is 4. The predicted octanol–water partition coefficient (Wildman–Crippen LogP) is 1.78. The molecule has 0 aliphatic heterocycles. The Balaban J connectivity index is 5.85. The SMILES string of the molecule is COC(=O)C(=[N+]=[N-])C(C)(C)C(C(C)=O)=C(C)C. The predicted molar refractivity (Wildman–Crippen MR) is 63.5 cm³/mol. The van der Waals surface area contributed by atoms with Crippen LogP contribution in [0.25, 0.3) is 5.53 Å². The van der Waals surface area contributed by atoms with Crippen LogP contribution in [0.4, 0.5) is 0 Å². The number of hydrogen-bond donors (Lipinski definition) is 0. The molecule has 0 heterocycles. The summed E-state index contributed by atoms with van der Waals surface area (Å²) in [6.45, 7) is 8.23. The standard InChI is InChI=1S/C12H18N2O3/c1-7(2)9(8(3)15)12(4,5)10(14-13)11(16)17-6/h1-6H3. The molecule has 0 rings (SSSR count). The number of carbonyl (C=O) groups is 2. The third-order valence-corrected chi connectivity index (χ3v) is 2.55. The van der Waals surface area contributed by atoms with E-state index in [4.69, 9.17) is 5.53 Å². The summed E-state index contributed by atoms with van der Waals surface area (Å²) in [5.41, 5.74) is 8.96. The number of esters is 1. The molecule has 17 heavy (non-hydrogen) atoms. The zero-order valence-electron chi connectivity index (χ0n) is 11.1. The number of ketones is 1. The summed E-state index contributed by atoms with van der Waals surface area (Å²) in [4.78, 5) is 26.1. The molecule has 5 heteroatoms. The first-order valence-electron chi connectivity index (χ1n) is 5.19. The maximum atomic E-state index is 11.6. The Hall–Kier alpha value is -1.74. The van der Waals surface area contributed by atoms with E-state index in [1.54, 1.807) is 27.7 Å². The largest absolute Gasteiger partial charge is 0.460 e. The van der Waals surface area contributed by atoms with Gasteiger partial charge in [-0.15, -0.1) is 0 Å². The van der Waals surface area contributed by atoms with Gasteiger partial charge in [0.15, 0.2) is 5.78 Å². The highest BCUT2D eigenvalue weighted by Crippen LogP contribution is 2.31.